The number of carbonyl (C=O) groups excluding carboxylic acids is 2. The van der Waals surface area contributed by atoms with Gasteiger partial charge in [-0.25, -0.2) is 0 Å². The summed E-state index contributed by atoms with van der Waals surface area (Å²) in [7, 11) is 1.85. The number of hydrogen-bond donors (Lipinski definition) is 3. The summed E-state index contributed by atoms with van der Waals surface area (Å²) in [5.41, 5.74) is 5.58. The van der Waals surface area contributed by atoms with Gasteiger partial charge in [-0.05, 0) is 18.4 Å². The highest BCUT2D eigenvalue weighted by Crippen LogP contribution is 2.29. The van der Waals surface area contributed by atoms with Gasteiger partial charge in [-0.15, -0.1) is 0 Å². The summed E-state index contributed by atoms with van der Waals surface area (Å²) >= 11 is 0. The number of rotatable bonds is 6. The van der Waals surface area contributed by atoms with Gasteiger partial charge in [-0.1, -0.05) is 13.8 Å². The number of amides is 2. The van der Waals surface area contributed by atoms with Crippen LogP contribution in [0.3, 0.4) is 0 Å². The lowest BCUT2D eigenvalue weighted by molar-refractivity contribution is -0.134. The van der Waals surface area contributed by atoms with Crippen LogP contribution in [-0.4, -0.2) is 40.2 Å². The largest absolute Gasteiger partial charge is 0.368 e. The molecule has 1 aromatic rings. The maximum Gasteiger partial charge on any atom is 0.243 e. The molecule has 1 aliphatic heterocycles. The monoisotopic (exact) mass is 307 g/mol. The second kappa shape index (κ2) is 6.48. The molecule has 22 heavy (non-hydrogen) atoms. The van der Waals surface area contributed by atoms with Gasteiger partial charge in [0, 0.05) is 32.3 Å². The molecular weight excluding hydrogens is 282 g/mol. The molecule has 1 aromatic heterocycles. The number of nitrogens with two attached hydrogens (primary N) is 1. The molecule has 7 nitrogen and oxygen atoms in total. The first-order chi connectivity index (χ1) is 10.4. The third-order valence-electron chi connectivity index (χ3n) is 4.75. The summed E-state index contributed by atoms with van der Waals surface area (Å²) in [5.74, 6) is -0.759. The predicted octanol–water partition coefficient (Wildman–Crippen LogP) is -0.117. The molecule has 4 N–H and O–H groups in total. The van der Waals surface area contributed by atoms with Gasteiger partial charge in [0.25, 0.3) is 0 Å². The fourth-order valence-electron chi connectivity index (χ4n) is 3.10. The zero-order valence-electron chi connectivity index (χ0n) is 13.4. The fourth-order valence-corrected chi connectivity index (χ4v) is 3.10. The van der Waals surface area contributed by atoms with E-state index in [1.807, 2.05) is 27.1 Å². The van der Waals surface area contributed by atoms with E-state index in [2.05, 4.69) is 15.7 Å². The van der Waals surface area contributed by atoms with E-state index in [1.54, 1.807) is 10.9 Å². The van der Waals surface area contributed by atoms with Crippen molar-refractivity contribution in [3.63, 3.8) is 0 Å². The van der Waals surface area contributed by atoms with Crippen LogP contribution in [0.25, 0.3) is 0 Å². The van der Waals surface area contributed by atoms with E-state index in [0.29, 0.717) is 19.4 Å². The first kappa shape index (κ1) is 16.5. The number of primary amides is 1. The topological polar surface area (TPSA) is 102 Å². The molecule has 1 fully saturated rings. The van der Waals surface area contributed by atoms with Crippen molar-refractivity contribution in [1.82, 2.24) is 20.4 Å². The summed E-state index contributed by atoms with van der Waals surface area (Å²) in [6, 6.07) is 0. The Balaban J connectivity index is 2.16. The SMILES string of the molecule is CCC(CC)(NC(=O)[C@H]1CNC[C@@H]1c1cnn(C)c1)C(N)=O. The van der Waals surface area contributed by atoms with Gasteiger partial charge in [-0.2, -0.15) is 5.10 Å². The third-order valence-corrected chi connectivity index (χ3v) is 4.75. The number of hydrogen-bond acceptors (Lipinski definition) is 4. The van der Waals surface area contributed by atoms with Crippen molar-refractivity contribution in [3.05, 3.63) is 18.0 Å². The minimum Gasteiger partial charge on any atom is -0.368 e. The second-order valence-electron chi connectivity index (χ2n) is 5.96. The van der Waals surface area contributed by atoms with Crippen molar-refractivity contribution in [2.75, 3.05) is 13.1 Å². The molecule has 0 bridgehead atoms. The number of nitrogens with zero attached hydrogens (tertiary/aromatic N) is 2. The molecule has 0 radical (unpaired) electrons. The highest BCUT2D eigenvalue weighted by Gasteiger charge is 2.40. The van der Waals surface area contributed by atoms with Crippen LogP contribution in [-0.2, 0) is 16.6 Å². The molecule has 2 atom stereocenters. The Hall–Kier alpha value is -1.89. The molecule has 7 heteroatoms. The Morgan fingerprint density at radius 2 is 2.14 bits per heavy atom. The maximum atomic E-state index is 12.7. The van der Waals surface area contributed by atoms with Gasteiger partial charge >= 0.3 is 0 Å². The maximum absolute atomic E-state index is 12.7. The van der Waals surface area contributed by atoms with Gasteiger partial charge in [-0.3, -0.25) is 14.3 Å². The van der Waals surface area contributed by atoms with Gasteiger partial charge < -0.3 is 16.4 Å². The lowest BCUT2D eigenvalue weighted by atomic mass is 9.87. The minimum atomic E-state index is -0.959. The Morgan fingerprint density at radius 1 is 1.45 bits per heavy atom. The molecule has 2 heterocycles. The molecule has 2 rings (SSSR count). The Morgan fingerprint density at radius 3 is 2.64 bits per heavy atom. The average molecular weight is 307 g/mol. The van der Waals surface area contributed by atoms with Crippen molar-refractivity contribution in [2.45, 2.75) is 38.1 Å². The molecule has 122 valence electrons. The minimum absolute atomic E-state index is 0.0630. The highest BCUT2D eigenvalue weighted by molar-refractivity contribution is 5.91. The number of nitrogens with one attached hydrogen (secondary N) is 2. The van der Waals surface area contributed by atoms with E-state index < -0.39 is 11.4 Å². The standard InChI is InChI=1S/C15H25N5O2/c1-4-15(5-2,14(16)22)19-13(21)12-8-17-7-11(12)10-6-18-20(3)9-10/h6,9,11-12,17H,4-5,7-8H2,1-3H3,(H2,16,22)(H,19,21)/t11-,12+/m1/s1. The van der Waals surface area contributed by atoms with Crippen LogP contribution in [0.4, 0.5) is 0 Å². The highest BCUT2D eigenvalue weighted by atomic mass is 16.2. The average Bonchev–Trinajstić information content (AvgIpc) is 3.12. The second-order valence-corrected chi connectivity index (χ2v) is 5.96. The summed E-state index contributed by atoms with van der Waals surface area (Å²) in [4.78, 5) is 24.5. The van der Waals surface area contributed by atoms with Crippen LogP contribution in [0.5, 0.6) is 0 Å². The molecule has 1 saturated heterocycles. The van der Waals surface area contributed by atoms with Crippen molar-refractivity contribution in [1.29, 1.82) is 0 Å². The quantitative estimate of drug-likeness (QED) is 0.682. The van der Waals surface area contributed by atoms with E-state index in [4.69, 9.17) is 5.73 Å². The lowest BCUT2D eigenvalue weighted by Crippen LogP contribution is -2.58. The van der Waals surface area contributed by atoms with E-state index in [1.165, 1.54) is 0 Å². The van der Waals surface area contributed by atoms with Crippen molar-refractivity contribution in [2.24, 2.45) is 18.7 Å². The summed E-state index contributed by atoms with van der Waals surface area (Å²) in [5, 5.41) is 10.3. The van der Waals surface area contributed by atoms with E-state index in [9.17, 15) is 9.59 Å². The third kappa shape index (κ3) is 2.99. The van der Waals surface area contributed by atoms with Crippen LogP contribution in [0.2, 0.25) is 0 Å². The molecular formula is C15H25N5O2. The van der Waals surface area contributed by atoms with Crippen LogP contribution in [0.15, 0.2) is 12.4 Å². The number of carbonyl (C=O) groups is 2. The zero-order chi connectivity index (χ0) is 16.3. The smallest absolute Gasteiger partial charge is 0.243 e. The van der Waals surface area contributed by atoms with Gasteiger partial charge in [0.2, 0.25) is 11.8 Å². The van der Waals surface area contributed by atoms with E-state index in [-0.39, 0.29) is 17.7 Å². The Bertz CT molecular complexity index is 550. The van der Waals surface area contributed by atoms with Crippen molar-refractivity contribution in [3.8, 4) is 0 Å². The van der Waals surface area contributed by atoms with E-state index in [0.717, 1.165) is 12.1 Å². The van der Waals surface area contributed by atoms with Gasteiger partial charge in [0.05, 0.1) is 12.1 Å². The van der Waals surface area contributed by atoms with Crippen LogP contribution >= 0.6 is 0 Å². The van der Waals surface area contributed by atoms with Gasteiger partial charge in [0.15, 0.2) is 0 Å². The Kier molecular flexibility index (Phi) is 4.85. The fraction of sp³-hybridized carbons (Fsp3) is 0.667. The lowest BCUT2D eigenvalue weighted by Gasteiger charge is -2.31. The molecule has 0 spiro atoms. The molecule has 0 aliphatic carbocycles. The summed E-state index contributed by atoms with van der Waals surface area (Å²) in [6.45, 7) is 5.04. The van der Waals surface area contributed by atoms with Gasteiger partial charge in [0.1, 0.15) is 5.54 Å². The molecule has 0 unspecified atom stereocenters. The predicted molar refractivity (Wildman–Crippen MR) is 83.0 cm³/mol. The molecule has 0 saturated carbocycles. The van der Waals surface area contributed by atoms with Crippen molar-refractivity contribution < 1.29 is 9.59 Å². The number of aromatic nitrogens is 2. The Labute approximate surface area is 130 Å². The summed E-state index contributed by atoms with van der Waals surface area (Å²) in [6.07, 6.45) is 4.70. The normalized spacial score (nSPS) is 21.8. The molecule has 0 aromatic carbocycles. The van der Waals surface area contributed by atoms with Crippen LogP contribution in [0.1, 0.15) is 38.2 Å². The zero-order valence-corrected chi connectivity index (χ0v) is 13.4. The first-order valence-corrected chi connectivity index (χ1v) is 7.74. The van der Waals surface area contributed by atoms with Crippen LogP contribution < -0.4 is 16.4 Å². The summed E-state index contributed by atoms with van der Waals surface area (Å²) < 4.78 is 1.73. The first-order valence-electron chi connectivity index (χ1n) is 7.74. The van der Waals surface area contributed by atoms with E-state index >= 15 is 0 Å². The molecule has 1 aliphatic rings. The van der Waals surface area contributed by atoms with Crippen LogP contribution in [0, 0.1) is 5.92 Å². The number of aryl methyl sites for hydroxylation is 1. The van der Waals surface area contributed by atoms with Crippen molar-refractivity contribution >= 4 is 11.8 Å². The molecule has 2 amide bonds.